The molecule has 0 aromatic heterocycles. The van der Waals surface area contributed by atoms with Gasteiger partial charge in [0, 0.05) is 0 Å². The van der Waals surface area contributed by atoms with Crippen molar-refractivity contribution >= 4 is 41.0 Å². The Morgan fingerprint density at radius 3 is 0.655 bits per heavy atom. The van der Waals surface area contributed by atoms with Gasteiger partial charge in [0.2, 0.25) is 0 Å². The van der Waals surface area contributed by atoms with E-state index in [0.29, 0.717) is 0 Å². The van der Waals surface area contributed by atoms with Gasteiger partial charge < -0.3 is 0 Å². The summed E-state index contributed by atoms with van der Waals surface area (Å²) in [5, 5.41) is 0. The first-order valence-corrected chi connectivity index (χ1v) is 28.6. The zero-order chi connectivity index (χ0) is 40.6. The molecular formula is C48H93BiO6. The predicted octanol–water partition coefficient (Wildman–Crippen LogP) is 15.6. The molecule has 0 N–H and O–H groups in total. The van der Waals surface area contributed by atoms with Crippen LogP contribution in [0.5, 0.6) is 0 Å². The van der Waals surface area contributed by atoms with E-state index in [1.54, 1.807) is 0 Å². The number of hydrogen-bond acceptors (Lipinski definition) is 6. The minimum atomic E-state index is -4.28. The van der Waals surface area contributed by atoms with Crippen LogP contribution in [-0.2, 0) is 22.8 Å². The van der Waals surface area contributed by atoms with Gasteiger partial charge in [-0.05, 0) is 0 Å². The molecule has 0 aliphatic rings. The zero-order valence-corrected chi connectivity index (χ0v) is 41.1. The fourth-order valence-electron chi connectivity index (χ4n) is 7.61. The zero-order valence-electron chi connectivity index (χ0n) is 37.6. The van der Waals surface area contributed by atoms with Gasteiger partial charge in [0.15, 0.2) is 0 Å². The molecule has 0 amide bonds. The molecule has 326 valence electrons. The van der Waals surface area contributed by atoms with Crippen molar-refractivity contribution in [2.24, 2.45) is 17.8 Å². The summed E-state index contributed by atoms with van der Waals surface area (Å²) in [7, 11) is 0. The van der Waals surface area contributed by atoms with Gasteiger partial charge in [0.25, 0.3) is 0 Å². The van der Waals surface area contributed by atoms with Gasteiger partial charge in [0.05, 0.1) is 0 Å². The van der Waals surface area contributed by atoms with Gasteiger partial charge >= 0.3 is 354 Å². The topological polar surface area (TPSA) is 78.9 Å². The summed E-state index contributed by atoms with van der Waals surface area (Å²) in [6, 6.07) is 0. The maximum absolute atomic E-state index is 14.0. The van der Waals surface area contributed by atoms with Crippen LogP contribution in [0.15, 0.2) is 0 Å². The molecule has 0 heterocycles. The van der Waals surface area contributed by atoms with E-state index >= 15 is 0 Å². The Bertz CT molecular complexity index is 756. The third-order valence-corrected chi connectivity index (χ3v) is 15.3. The molecule has 0 spiro atoms. The van der Waals surface area contributed by atoms with Crippen LogP contribution < -0.4 is 0 Å². The Balaban J connectivity index is 6.11. The van der Waals surface area contributed by atoms with Crippen LogP contribution in [0.1, 0.15) is 273 Å². The molecule has 0 bridgehead atoms. The molecule has 0 aliphatic carbocycles. The van der Waals surface area contributed by atoms with E-state index in [4.69, 9.17) is 8.44 Å². The van der Waals surface area contributed by atoms with Crippen LogP contribution in [0.4, 0.5) is 0 Å². The van der Waals surface area contributed by atoms with Crippen molar-refractivity contribution in [3.05, 3.63) is 0 Å². The summed E-state index contributed by atoms with van der Waals surface area (Å²) in [4.78, 5) is 42.0. The Morgan fingerprint density at radius 1 is 0.291 bits per heavy atom. The first-order chi connectivity index (χ1) is 26.9. The number of rotatable bonds is 42. The SMILES string of the molecule is CCCCCCCCC(CCCCCC)C(=O)[O][Bi]([O]C(=O)C(CCCCCC)CCCCCCCC)[O]C(=O)C(CCCCCC)CCCCCCCC. The van der Waals surface area contributed by atoms with Crippen molar-refractivity contribution in [2.45, 2.75) is 273 Å². The quantitative estimate of drug-likeness (QED) is 0.0448. The second-order valence-electron chi connectivity index (χ2n) is 16.8. The number of carbonyl (C=O) groups excluding carboxylic acids is 3. The first kappa shape index (κ1) is 54.3. The summed E-state index contributed by atoms with van der Waals surface area (Å²) in [5.74, 6) is -1.60. The fourth-order valence-corrected chi connectivity index (χ4v) is 11.5. The normalized spacial score (nSPS) is 13.1. The van der Waals surface area contributed by atoms with E-state index in [1.165, 1.54) is 77.0 Å². The molecule has 6 nitrogen and oxygen atoms in total. The van der Waals surface area contributed by atoms with E-state index in [0.717, 1.165) is 154 Å². The third kappa shape index (κ3) is 32.9. The second kappa shape index (κ2) is 41.5. The molecule has 55 heavy (non-hydrogen) atoms. The molecular weight excluding hydrogens is 882 g/mol. The molecule has 0 aromatic rings. The predicted molar refractivity (Wildman–Crippen MR) is 235 cm³/mol. The fraction of sp³-hybridized carbons (Fsp3) is 0.938. The third-order valence-electron chi connectivity index (χ3n) is 11.4. The molecule has 0 rings (SSSR count). The summed E-state index contributed by atoms with van der Waals surface area (Å²) >= 11 is -4.28. The van der Waals surface area contributed by atoms with Crippen LogP contribution in [0.25, 0.3) is 0 Å². The number of unbranched alkanes of at least 4 members (excludes halogenated alkanes) is 24. The van der Waals surface area contributed by atoms with E-state index in [2.05, 4.69) is 41.5 Å². The van der Waals surface area contributed by atoms with Crippen molar-refractivity contribution < 1.29 is 22.8 Å². The standard InChI is InChI=1S/3C16H32O2.Bi/c3*1-3-5-7-9-10-12-14-15(16(17)18)13-11-8-6-4-2;/h3*15H,3-14H2,1-2H3,(H,17,18);/q;;;+3/p-3. The maximum atomic E-state index is 14.0. The number of carbonyl (C=O) groups is 3. The Kier molecular flexibility index (Phi) is 40.9. The molecule has 0 radical (unpaired) electrons. The Labute approximate surface area is 352 Å². The van der Waals surface area contributed by atoms with Crippen molar-refractivity contribution in [1.82, 2.24) is 0 Å². The van der Waals surface area contributed by atoms with E-state index in [-0.39, 0.29) is 35.7 Å². The van der Waals surface area contributed by atoms with Crippen molar-refractivity contribution in [3.63, 3.8) is 0 Å². The van der Waals surface area contributed by atoms with Gasteiger partial charge in [0.1, 0.15) is 0 Å². The van der Waals surface area contributed by atoms with Crippen molar-refractivity contribution in [3.8, 4) is 0 Å². The summed E-state index contributed by atoms with van der Waals surface area (Å²) in [6.07, 6.45) is 38.9. The summed E-state index contributed by atoms with van der Waals surface area (Å²) < 4.78 is 18.6. The monoisotopic (exact) mass is 975 g/mol. The van der Waals surface area contributed by atoms with E-state index in [9.17, 15) is 14.4 Å². The average Bonchev–Trinajstić information content (AvgIpc) is 3.17. The van der Waals surface area contributed by atoms with E-state index < -0.39 is 23.1 Å². The van der Waals surface area contributed by atoms with Gasteiger partial charge in [-0.3, -0.25) is 0 Å². The van der Waals surface area contributed by atoms with E-state index in [1.807, 2.05) is 0 Å². The summed E-state index contributed by atoms with van der Waals surface area (Å²) in [6.45, 7) is 13.3. The Morgan fingerprint density at radius 2 is 0.455 bits per heavy atom. The van der Waals surface area contributed by atoms with Gasteiger partial charge in [-0.15, -0.1) is 0 Å². The van der Waals surface area contributed by atoms with Gasteiger partial charge in [-0.1, -0.05) is 0 Å². The molecule has 0 saturated carbocycles. The molecule has 3 unspecified atom stereocenters. The minimum absolute atomic E-state index is 0.237. The van der Waals surface area contributed by atoms with Crippen LogP contribution in [0.3, 0.4) is 0 Å². The van der Waals surface area contributed by atoms with Gasteiger partial charge in [-0.2, -0.15) is 0 Å². The van der Waals surface area contributed by atoms with Gasteiger partial charge in [-0.25, -0.2) is 0 Å². The van der Waals surface area contributed by atoms with Crippen LogP contribution in [0, 0.1) is 17.8 Å². The first-order valence-electron chi connectivity index (χ1n) is 24.3. The summed E-state index contributed by atoms with van der Waals surface area (Å²) in [5.41, 5.74) is 0. The number of hydrogen-bond donors (Lipinski definition) is 0. The average molecular weight is 975 g/mol. The van der Waals surface area contributed by atoms with Crippen LogP contribution in [0.2, 0.25) is 0 Å². The van der Waals surface area contributed by atoms with Crippen LogP contribution in [-0.4, -0.2) is 41.0 Å². The Hall–Kier alpha value is -0.707. The molecule has 0 saturated heterocycles. The molecule has 0 aromatic carbocycles. The van der Waals surface area contributed by atoms with Crippen LogP contribution >= 0.6 is 0 Å². The second-order valence-corrected chi connectivity index (χ2v) is 20.6. The molecule has 0 aliphatic heterocycles. The molecule has 7 heteroatoms. The van der Waals surface area contributed by atoms with Crippen molar-refractivity contribution in [2.75, 3.05) is 0 Å². The molecule has 0 fully saturated rings. The molecule has 3 atom stereocenters. The van der Waals surface area contributed by atoms with Crippen molar-refractivity contribution in [1.29, 1.82) is 0 Å².